The normalized spacial score (nSPS) is 12.3. The molecule has 118 valence electrons. The predicted molar refractivity (Wildman–Crippen MR) is 93.1 cm³/mol. The Balaban J connectivity index is 3.08. The van der Waals surface area contributed by atoms with Gasteiger partial charge in [-0.05, 0) is 66.3 Å². The third-order valence-electron chi connectivity index (χ3n) is 4.27. The Kier molecular flexibility index (Phi) is 6.06. The van der Waals surface area contributed by atoms with Gasteiger partial charge in [-0.15, -0.1) is 0 Å². The van der Waals surface area contributed by atoms with Gasteiger partial charge in [0.15, 0.2) is 0 Å². The van der Waals surface area contributed by atoms with Crippen LogP contribution in [0.1, 0.15) is 56.5 Å². The Hall–Kier alpha value is -0.803. The lowest BCUT2D eigenvalue weighted by Crippen LogP contribution is -2.43. The zero-order valence-corrected chi connectivity index (χ0v) is 15.8. The maximum Gasteiger partial charge on any atom is 0.252 e. The number of unbranched alkanes of at least 4 members (excludes halogenated alkanes) is 1. The Morgan fingerprint density at radius 3 is 2.38 bits per heavy atom. The maximum atomic E-state index is 11.5. The Labute approximate surface area is 135 Å². The van der Waals surface area contributed by atoms with Crippen molar-refractivity contribution in [2.45, 2.75) is 65.1 Å². The van der Waals surface area contributed by atoms with Gasteiger partial charge < -0.3 is 4.43 Å². The monoisotopic (exact) mass is 326 g/mol. The molecule has 0 saturated carbocycles. The van der Waals surface area contributed by atoms with Gasteiger partial charge in [0, 0.05) is 5.56 Å². The summed E-state index contributed by atoms with van der Waals surface area (Å²) in [6.07, 6.45) is 2.99. The smallest absolute Gasteiger partial charge is 0.252 e. The van der Waals surface area contributed by atoms with Crippen LogP contribution in [0.15, 0.2) is 18.2 Å². The summed E-state index contributed by atoms with van der Waals surface area (Å²) in [6, 6.07) is 5.65. The van der Waals surface area contributed by atoms with Crippen LogP contribution in [0.4, 0.5) is 0 Å². The molecule has 21 heavy (non-hydrogen) atoms. The van der Waals surface area contributed by atoms with Crippen molar-refractivity contribution in [3.05, 3.63) is 29.3 Å². The largest absolute Gasteiger partial charge is 0.543 e. The number of rotatable bonds is 6. The van der Waals surface area contributed by atoms with Crippen LogP contribution < -0.4 is 4.43 Å². The second kappa shape index (κ2) is 6.97. The van der Waals surface area contributed by atoms with E-state index in [1.807, 2.05) is 12.1 Å². The topological polar surface area (TPSA) is 26.3 Å². The van der Waals surface area contributed by atoms with Crippen LogP contribution in [0.3, 0.4) is 0 Å². The van der Waals surface area contributed by atoms with Crippen molar-refractivity contribution < 1.29 is 9.22 Å². The second-order valence-electron chi connectivity index (χ2n) is 7.06. The molecule has 0 saturated heterocycles. The predicted octanol–water partition coefficient (Wildman–Crippen LogP) is 5.79. The highest BCUT2D eigenvalue weighted by Crippen LogP contribution is 2.37. The van der Waals surface area contributed by atoms with E-state index in [1.54, 1.807) is 6.07 Å². The molecule has 0 radical (unpaired) electrons. The fourth-order valence-electron chi connectivity index (χ4n) is 1.85. The van der Waals surface area contributed by atoms with Crippen LogP contribution in [-0.4, -0.2) is 13.6 Å². The first kappa shape index (κ1) is 18.2. The molecule has 0 aliphatic heterocycles. The first-order valence-electron chi connectivity index (χ1n) is 7.60. The molecule has 0 bridgehead atoms. The average molecular weight is 327 g/mol. The molecule has 0 atom stereocenters. The lowest BCUT2D eigenvalue weighted by atomic mass is 10.0. The number of halogens is 1. The van der Waals surface area contributed by atoms with E-state index in [9.17, 15) is 4.79 Å². The minimum Gasteiger partial charge on any atom is -0.543 e. The minimum absolute atomic E-state index is 0.150. The number of carbonyl (C=O) groups excluding carboxylic acids is 1. The lowest BCUT2D eigenvalue weighted by Gasteiger charge is -2.36. The number of benzene rings is 1. The van der Waals surface area contributed by atoms with E-state index >= 15 is 0 Å². The van der Waals surface area contributed by atoms with E-state index in [1.165, 1.54) is 0 Å². The first-order valence-corrected chi connectivity index (χ1v) is 10.9. The quantitative estimate of drug-likeness (QED) is 0.488. The van der Waals surface area contributed by atoms with E-state index in [0.29, 0.717) is 5.56 Å². The summed E-state index contributed by atoms with van der Waals surface area (Å²) >= 11 is 5.67. The van der Waals surface area contributed by atoms with Crippen LogP contribution in [-0.2, 0) is 6.42 Å². The summed E-state index contributed by atoms with van der Waals surface area (Å²) < 4.78 is 6.31. The SMILES string of the molecule is CCCCc1cc(O[Si](C)(C)C(C)(C)C)ccc1C(=O)Cl. The summed E-state index contributed by atoms with van der Waals surface area (Å²) in [5.41, 5.74) is 1.60. The number of carbonyl (C=O) groups is 1. The molecule has 4 heteroatoms. The third-order valence-corrected chi connectivity index (χ3v) is 8.83. The average Bonchev–Trinajstić information content (AvgIpc) is 2.34. The summed E-state index contributed by atoms with van der Waals surface area (Å²) in [5, 5.41) is -0.239. The molecule has 1 rings (SSSR count). The van der Waals surface area contributed by atoms with Gasteiger partial charge in [-0.25, -0.2) is 0 Å². The molecule has 0 fully saturated rings. The van der Waals surface area contributed by atoms with E-state index < -0.39 is 8.32 Å². The van der Waals surface area contributed by atoms with Crippen molar-refractivity contribution in [1.29, 1.82) is 0 Å². The lowest BCUT2D eigenvalue weighted by molar-refractivity contribution is 0.108. The molecule has 0 heterocycles. The molecule has 0 amide bonds. The summed E-state index contributed by atoms with van der Waals surface area (Å²) in [4.78, 5) is 11.5. The molecule has 1 aromatic carbocycles. The highest BCUT2D eigenvalue weighted by atomic mass is 35.5. The van der Waals surface area contributed by atoms with E-state index in [2.05, 4.69) is 40.8 Å². The Bertz CT molecular complexity index is 504. The van der Waals surface area contributed by atoms with Crippen LogP contribution in [0.5, 0.6) is 5.75 Å². The molecule has 0 unspecified atom stereocenters. The third kappa shape index (κ3) is 4.85. The highest BCUT2D eigenvalue weighted by Gasteiger charge is 2.39. The van der Waals surface area contributed by atoms with Crippen molar-refractivity contribution in [2.75, 3.05) is 0 Å². The number of hydrogen-bond donors (Lipinski definition) is 0. The number of hydrogen-bond acceptors (Lipinski definition) is 2. The van der Waals surface area contributed by atoms with Gasteiger partial charge >= 0.3 is 0 Å². The summed E-state index contributed by atoms with van der Waals surface area (Å²) in [6.45, 7) is 13.2. The molecular formula is C17H27ClO2Si. The van der Waals surface area contributed by atoms with Crippen LogP contribution in [0.2, 0.25) is 18.1 Å². The fourth-order valence-corrected chi connectivity index (χ4v) is 3.05. The van der Waals surface area contributed by atoms with Crippen molar-refractivity contribution in [3.8, 4) is 5.75 Å². The highest BCUT2D eigenvalue weighted by molar-refractivity contribution is 6.74. The van der Waals surface area contributed by atoms with Crippen molar-refractivity contribution in [3.63, 3.8) is 0 Å². The summed E-state index contributed by atoms with van der Waals surface area (Å²) in [7, 11) is -1.86. The maximum absolute atomic E-state index is 11.5. The molecule has 1 aromatic rings. The van der Waals surface area contributed by atoms with Gasteiger partial charge in [0.05, 0.1) is 0 Å². The van der Waals surface area contributed by atoms with Crippen molar-refractivity contribution >= 4 is 25.2 Å². The van der Waals surface area contributed by atoms with Gasteiger partial charge in [0.2, 0.25) is 8.32 Å². The Morgan fingerprint density at radius 1 is 1.29 bits per heavy atom. The van der Waals surface area contributed by atoms with Crippen molar-refractivity contribution in [2.24, 2.45) is 0 Å². The molecule has 0 spiro atoms. The van der Waals surface area contributed by atoms with E-state index in [0.717, 1.165) is 30.6 Å². The van der Waals surface area contributed by atoms with Gasteiger partial charge in [0.25, 0.3) is 5.24 Å². The molecule has 0 aliphatic rings. The molecule has 2 nitrogen and oxygen atoms in total. The standard InChI is InChI=1S/C17H27ClO2Si/c1-7-8-9-13-12-14(10-11-15(13)16(18)19)20-21(5,6)17(2,3)4/h10-12H,7-9H2,1-6H3. The van der Waals surface area contributed by atoms with Crippen LogP contribution >= 0.6 is 11.6 Å². The van der Waals surface area contributed by atoms with Crippen LogP contribution in [0.25, 0.3) is 0 Å². The van der Waals surface area contributed by atoms with Gasteiger partial charge in [-0.3, -0.25) is 4.79 Å². The molecule has 0 aromatic heterocycles. The van der Waals surface area contributed by atoms with E-state index in [4.69, 9.17) is 16.0 Å². The van der Waals surface area contributed by atoms with Gasteiger partial charge in [-0.1, -0.05) is 34.1 Å². The zero-order valence-electron chi connectivity index (χ0n) is 14.0. The van der Waals surface area contributed by atoms with Crippen LogP contribution in [0, 0.1) is 0 Å². The first-order chi connectivity index (χ1) is 9.58. The molecular weight excluding hydrogens is 300 g/mol. The van der Waals surface area contributed by atoms with Crippen molar-refractivity contribution in [1.82, 2.24) is 0 Å². The van der Waals surface area contributed by atoms with E-state index in [-0.39, 0.29) is 10.3 Å². The minimum atomic E-state index is -1.86. The van der Waals surface area contributed by atoms with Gasteiger partial charge in [-0.2, -0.15) is 0 Å². The fraction of sp³-hybridized carbons (Fsp3) is 0.588. The number of aryl methyl sites for hydroxylation is 1. The molecule has 0 N–H and O–H groups in total. The molecule has 0 aliphatic carbocycles. The summed E-state index contributed by atoms with van der Waals surface area (Å²) in [5.74, 6) is 0.856. The van der Waals surface area contributed by atoms with Gasteiger partial charge in [0.1, 0.15) is 5.75 Å². The second-order valence-corrected chi connectivity index (χ2v) is 12.1. The Morgan fingerprint density at radius 2 is 1.90 bits per heavy atom. The zero-order chi connectivity index (χ0) is 16.3.